The minimum Gasteiger partial charge on any atom is -0.441 e. The highest BCUT2D eigenvalue weighted by molar-refractivity contribution is 7.89. The number of sulfonamides is 1. The Morgan fingerprint density at radius 1 is 1.12 bits per heavy atom. The number of carbonyl (C=O) groups is 1. The van der Waals surface area contributed by atoms with Crippen LogP contribution in [0.15, 0.2) is 45.7 Å². The summed E-state index contributed by atoms with van der Waals surface area (Å²) in [5.74, 6) is 0.192. The van der Waals surface area contributed by atoms with E-state index in [-0.39, 0.29) is 10.8 Å². The lowest BCUT2D eigenvalue weighted by molar-refractivity contribution is 0.102. The van der Waals surface area contributed by atoms with Crippen molar-refractivity contribution in [1.82, 2.24) is 9.29 Å². The van der Waals surface area contributed by atoms with Gasteiger partial charge < -0.3 is 14.6 Å². The zero-order valence-corrected chi connectivity index (χ0v) is 19.4. The van der Waals surface area contributed by atoms with Gasteiger partial charge in [-0.3, -0.25) is 4.79 Å². The summed E-state index contributed by atoms with van der Waals surface area (Å²) < 4.78 is 33.0. The molecular formula is C23H28N4O4S. The first-order valence-corrected chi connectivity index (χ1v) is 12.3. The van der Waals surface area contributed by atoms with E-state index in [1.807, 2.05) is 0 Å². The minimum absolute atomic E-state index is 0.122. The number of oxazole rings is 1. The van der Waals surface area contributed by atoms with Crippen LogP contribution in [0.25, 0.3) is 11.1 Å². The Bertz CT molecular complexity index is 1240. The number of amides is 1. The molecule has 0 bridgehead atoms. The minimum atomic E-state index is -3.68. The van der Waals surface area contributed by atoms with Crippen molar-refractivity contribution in [3.8, 4) is 0 Å². The molecule has 0 spiro atoms. The van der Waals surface area contributed by atoms with Crippen molar-refractivity contribution in [2.45, 2.75) is 38.5 Å². The van der Waals surface area contributed by atoms with Gasteiger partial charge in [0, 0.05) is 44.5 Å². The number of nitrogens with zero attached hydrogens (tertiary/aromatic N) is 3. The Labute approximate surface area is 188 Å². The molecule has 1 aromatic heterocycles. The van der Waals surface area contributed by atoms with Crippen molar-refractivity contribution in [3.05, 3.63) is 47.9 Å². The Morgan fingerprint density at radius 2 is 1.84 bits per heavy atom. The van der Waals surface area contributed by atoms with Gasteiger partial charge in [-0.25, -0.2) is 13.4 Å². The molecule has 1 saturated heterocycles. The highest BCUT2D eigenvalue weighted by Gasteiger charge is 2.26. The summed E-state index contributed by atoms with van der Waals surface area (Å²) in [6, 6.07) is 10.1. The lowest BCUT2D eigenvalue weighted by atomic mass is 10.1. The van der Waals surface area contributed by atoms with Crippen molar-refractivity contribution in [1.29, 1.82) is 0 Å². The second-order valence-electron chi connectivity index (χ2n) is 7.83. The molecule has 0 saturated carbocycles. The molecule has 0 atom stereocenters. The molecule has 1 aliphatic heterocycles. The van der Waals surface area contributed by atoms with Gasteiger partial charge in [0.15, 0.2) is 11.5 Å². The van der Waals surface area contributed by atoms with E-state index >= 15 is 0 Å². The van der Waals surface area contributed by atoms with Gasteiger partial charge >= 0.3 is 0 Å². The molecule has 1 fully saturated rings. The molecular weight excluding hydrogens is 428 g/mol. The second-order valence-corrected chi connectivity index (χ2v) is 9.77. The van der Waals surface area contributed by atoms with Crippen molar-refractivity contribution < 1.29 is 17.6 Å². The van der Waals surface area contributed by atoms with Crippen LogP contribution >= 0.6 is 0 Å². The number of rotatable bonds is 7. The summed E-state index contributed by atoms with van der Waals surface area (Å²) in [5, 5.41) is 2.90. The van der Waals surface area contributed by atoms with E-state index < -0.39 is 10.0 Å². The van der Waals surface area contributed by atoms with E-state index in [1.54, 1.807) is 51.1 Å². The third-order valence-electron chi connectivity index (χ3n) is 5.75. The summed E-state index contributed by atoms with van der Waals surface area (Å²) in [6.07, 6.45) is 2.09. The number of benzene rings is 2. The molecule has 0 radical (unpaired) electrons. The van der Waals surface area contributed by atoms with E-state index in [0.717, 1.165) is 31.6 Å². The average Bonchev–Trinajstić information content (AvgIpc) is 3.42. The third-order valence-corrected chi connectivity index (χ3v) is 7.80. The molecule has 2 heterocycles. The Hall–Kier alpha value is -2.91. The van der Waals surface area contributed by atoms with Crippen LogP contribution in [-0.2, 0) is 10.0 Å². The van der Waals surface area contributed by atoms with Gasteiger partial charge in [0.1, 0.15) is 5.52 Å². The smallest absolute Gasteiger partial charge is 0.257 e. The maximum absolute atomic E-state index is 13.3. The van der Waals surface area contributed by atoms with Crippen LogP contribution in [0, 0.1) is 6.92 Å². The number of fused-ring (bicyclic) bond motifs is 1. The van der Waals surface area contributed by atoms with E-state index in [9.17, 15) is 13.2 Å². The molecule has 8 nitrogen and oxygen atoms in total. The lowest BCUT2D eigenvalue weighted by Crippen LogP contribution is -2.31. The largest absolute Gasteiger partial charge is 0.441 e. The third kappa shape index (κ3) is 4.22. The Balaban J connectivity index is 1.72. The fourth-order valence-electron chi connectivity index (χ4n) is 4.12. The van der Waals surface area contributed by atoms with E-state index in [2.05, 4.69) is 15.2 Å². The number of carbonyl (C=O) groups excluding carboxylic acids is 1. The van der Waals surface area contributed by atoms with Crippen LogP contribution in [0.5, 0.6) is 0 Å². The maximum Gasteiger partial charge on any atom is 0.257 e. The summed E-state index contributed by atoms with van der Waals surface area (Å²) in [6.45, 7) is 7.78. The van der Waals surface area contributed by atoms with Gasteiger partial charge in [0.2, 0.25) is 10.0 Å². The van der Waals surface area contributed by atoms with Gasteiger partial charge in [-0.1, -0.05) is 13.8 Å². The first-order valence-electron chi connectivity index (χ1n) is 10.9. The second kappa shape index (κ2) is 8.91. The van der Waals surface area contributed by atoms with Gasteiger partial charge in [-0.05, 0) is 49.2 Å². The van der Waals surface area contributed by atoms with Gasteiger partial charge in [-0.2, -0.15) is 4.31 Å². The number of hydrogen-bond acceptors (Lipinski definition) is 6. The van der Waals surface area contributed by atoms with Crippen molar-refractivity contribution in [3.63, 3.8) is 0 Å². The van der Waals surface area contributed by atoms with E-state index in [4.69, 9.17) is 4.42 Å². The first-order chi connectivity index (χ1) is 15.3. The summed E-state index contributed by atoms with van der Waals surface area (Å²) in [4.78, 5) is 19.9. The molecule has 1 amide bonds. The van der Waals surface area contributed by atoms with E-state index in [0.29, 0.717) is 41.3 Å². The predicted molar refractivity (Wildman–Crippen MR) is 125 cm³/mol. The molecule has 3 aromatic rings. The standard InChI is InChI=1S/C23H28N4O4S/c1-4-27(5-2)32(29,30)18-9-10-21(26-12-6-7-13-26)19(15-18)23(28)25-17-8-11-22-20(14-17)24-16(3)31-22/h8-11,14-15H,4-7,12-13H2,1-3H3,(H,25,28). The van der Waals surface area contributed by atoms with Gasteiger partial charge in [0.05, 0.1) is 10.5 Å². The van der Waals surface area contributed by atoms with Crippen LogP contribution < -0.4 is 10.2 Å². The number of hydrogen-bond donors (Lipinski definition) is 1. The van der Waals surface area contributed by atoms with Gasteiger partial charge in [0.25, 0.3) is 5.91 Å². The molecule has 170 valence electrons. The first kappa shape index (κ1) is 22.3. The number of aryl methyl sites for hydroxylation is 1. The molecule has 2 aromatic carbocycles. The fraction of sp³-hybridized carbons (Fsp3) is 0.391. The van der Waals surface area contributed by atoms with Gasteiger partial charge in [-0.15, -0.1) is 0 Å². The van der Waals surface area contributed by atoms with Crippen LogP contribution in [0.4, 0.5) is 11.4 Å². The Kier molecular flexibility index (Phi) is 6.21. The predicted octanol–water partition coefficient (Wildman–Crippen LogP) is 4.02. The summed E-state index contributed by atoms with van der Waals surface area (Å²) in [5.41, 5.74) is 2.96. The Morgan fingerprint density at radius 3 is 2.53 bits per heavy atom. The monoisotopic (exact) mass is 456 g/mol. The topological polar surface area (TPSA) is 95.8 Å². The fourth-order valence-corrected chi connectivity index (χ4v) is 5.61. The average molecular weight is 457 g/mol. The lowest BCUT2D eigenvalue weighted by Gasteiger charge is -2.23. The van der Waals surface area contributed by atoms with E-state index in [1.165, 1.54) is 10.4 Å². The maximum atomic E-state index is 13.3. The molecule has 1 N–H and O–H groups in total. The number of aromatic nitrogens is 1. The number of anilines is 2. The van der Waals surface area contributed by atoms with Crippen LogP contribution in [0.1, 0.15) is 42.9 Å². The molecule has 9 heteroatoms. The van der Waals surface area contributed by atoms with Crippen molar-refractivity contribution >= 4 is 38.4 Å². The van der Waals surface area contributed by atoms with Crippen LogP contribution in [0.2, 0.25) is 0 Å². The molecule has 1 aliphatic rings. The van der Waals surface area contributed by atoms with Crippen LogP contribution in [-0.4, -0.2) is 49.8 Å². The molecule has 0 unspecified atom stereocenters. The molecule has 32 heavy (non-hydrogen) atoms. The van der Waals surface area contributed by atoms with Crippen LogP contribution in [0.3, 0.4) is 0 Å². The SMILES string of the molecule is CCN(CC)S(=O)(=O)c1ccc(N2CCCC2)c(C(=O)Nc2ccc3oc(C)nc3c2)c1. The summed E-state index contributed by atoms with van der Waals surface area (Å²) >= 11 is 0. The number of nitrogens with one attached hydrogen (secondary N) is 1. The zero-order chi connectivity index (χ0) is 22.9. The highest BCUT2D eigenvalue weighted by atomic mass is 32.2. The summed E-state index contributed by atoms with van der Waals surface area (Å²) in [7, 11) is -3.68. The zero-order valence-electron chi connectivity index (χ0n) is 18.6. The normalized spacial score (nSPS) is 14.4. The van der Waals surface area contributed by atoms with Crippen molar-refractivity contribution in [2.75, 3.05) is 36.4 Å². The quantitative estimate of drug-likeness (QED) is 0.577. The highest BCUT2D eigenvalue weighted by Crippen LogP contribution is 2.30. The molecule has 0 aliphatic carbocycles. The van der Waals surface area contributed by atoms with Crippen molar-refractivity contribution in [2.24, 2.45) is 0 Å². The molecule has 4 rings (SSSR count).